The highest BCUT2D eigenvalue weighted by Gasteiger charge is 2.19. The zero-order valence-corrected chi connectivity index (χ0v) is 10.6. The number of aliphatic imine (C=N–C) groups is 1. The van der Waals surface area contributed by atoms with Gasteiger partial charge in [-0.15, -0.1) is 0 Å². The molecule has 0 saturated carbocycles. The van der Waals surface area contributed by atoms with Crippen molar-refractivity contribution in [2.45, 2.75) is 18.1 Å². The van der Waals surface area contributed by atoms with Crippen LogP contribution < -0.4 is 10.6 Å². The van der Waals surface area contributed by atoms with E-state index in [1.807, 2.05) is 11.8 Å². The second-order valence-corrected chi connectivity index (χ2v) is 5.74. The molecule has 0 aliphatic carbocycles. The fourth-order valence-electron chi connectivity index (χ4n) is 2.25. The number of nitrogens with one attached hydrogen (secondary N) is 2. The van der Waals surface area contributed by atoms with Gasteiger partial charge in [0.2, 0.25) is 0 Å². The van der Waals surface area contributed by atoms with Gasteiger partial charge in [0.05, 0.1) is 0 Å². The van der Waals surface area contributed by atoms with Crippen LogP contribution in [0.25, 0.3) is 0 Å². The molecule has 1 atom stereocenters. The molecule has 1 unspecified atom stereocenters. The molecular formula is C13H17N3S. The minimum Gasteiger partial charge on any atom is -0.335 e. The van der Waals surface area contributed by atoms with Gasteiger partial charge in [-0.2, -0.15) is 0 Å². The molecule has 3 rings (SSSR count). The van der Waals surface area contributed by atoms with Crippen LogP contribution in [0.4, 0.5) is 5.69 Å². The standard InChI is InChI=1S/C13H17N3S/c1-2-4-12-10(3-1)5-8-15-13(16-12)17-11-6-7-14-9-11/h1-4,11,14H,5-9H2,(H,15,16). The molecule has 1 aromatic carbocycles. The quantitative estimate of drug-likeness (QED) is 0.798. The van der Waals surface area contributed by atoms with Crippen LogP contribution in [0, 0.1) is 0 Å². The van der Waals surface area contributed by atoms with Gasteiger partial charge >= 0.3 is 0 Å². The summed E-state index contributed by atoms with van der Waals surface area (Å²) in [4.78, 5) is 4.64. The van der Waals surface area contributed by atoms with Gasteiger partial charge in [0.25, 0.3) is 0 Å². The molecule has 0 amide bonds. The number of hydrogen-bond acceptors (Lipinski definition) is 4. The summed E-state index contributed by atoms with van der Waals surface area (Å²) in [6, 6.07) is 8.50. The predicted molar refractivity (Wildman–Crippen MR) is 74.9 cm³/mol. The van der Waals surface area contributed by atoms with Gasteiger partial charge in [-0.3, -0.25) is 4.99 Å². The van der Waals surface area contributed by atoms with Crippen LogP contribution in [0.2, 0.25) is 0 Å². The van der Waals surface area contributed by atoms with E-state index >= 15 is 0 Å². The Morgan fingerprint density at radius 3 is 3.12 bits per heavy atom. The normalized spacial score (nSPS) is 23.5. The lowest BCUT2D eigenvalue weighted by atomic mass is 10.1. The summed E-state index contributed by atoms with van der Waals surface area (Å²) in [5.74, 6) is 0. The molecular weight excluding hydrogens is 230 g/mol. The summed E-state index contributed by atoms with van der Waals surface area (Å²) in [5.41, 5.74) is 2.60. The number of anilines is 1. The Labute approximate surface area is 106 Å². The SMILES string of the molecule is c1ccc2c(c1)CCN=C(SC1CCNC1)N2. The molecule has 2 aliphatic heterocycles. The molecule has 1 fully saturated rings. The number of para-hydroxylation sites is 1. The van der Waals surface area contributed by atoms with Crippen molar-refractivity contribution in [2.24, 2.45) is 4.99 Å². The molecule has 2 aliphatic rings. The van der Waals surface area contributed by atoms with Crippen molar-refractivity contribution < 1.29 is 0 Å². The summed E-state index contributed by atoms with van der Waals surface area (Å²) in [6.07, 6.45) is 2.28. The number of amidine groups is 1. The number of thioether (sulfide) groups is 1. The average molecular weight is 247 g/mol. The van der Waals surface area contributed by atoms with Crippen LogP contribution >= 0.6 is 11.8 Å². The monoisotopic (exact) mass is 247 g/mol. The molecule has 4 heteroatoms. The van der Waals surface area contributed by atoms with Gasteiger partial charge in [-0.05, 0) is 31.0 Å². The third-order valence-corrected chi connectivity index (χ3v) is 4.38. The maximum absolute atomic E-state index is 4.64. The Kier molecular flexibility index (Phi) is 3.34. The van der Waals surface area contributed by atoms with Gasteiger partial charge in [0, 0.05) is 24.0 Å². The Morgan fingerprint density at radius 1 is 1.29 bits per heavy atom. The first kappa shape index (κ1) is 11.1. The lowest BCUT2D eigenvalue weighted by Gasteiger charge is -2.12. The summed E-state index contributed by atoms with van der Waals surface area (Å²) in [5, 5.41) is 8.62. The van der Waals surface area contributed by atoms with Crippen molar-refractivity contribution in [3.63, 3.8) is 0 Å². The first-order valence-corrected chi connectivity index (χ1v) is 7.06. The number of benzene rings is 1. The fourth-order valence-corrected chi connectivity index (χ4v) is 3.33. The molecule has 2 N–H and O–H groups in total. The van der Waals surface area contributed by atoms with Crippen LogP contribution in [-0.4, -0.2) is 30.1 Å². The highest BCUT2D eigenvalue weighted by molar-refractivity contribution is 8.14. The van der Waals surface area contributed by atoms with Gasteiger partial charge in [-0.1, -0.05) is 30.0 Å². The number of rotatable bonds is 1. The Morgan fingerprint density at radius 2 is 2.24 bits per heavy atom. The fraction of sp³-hybridized carbons (Fsp3) is 0.462. The first-order chi connectivity index (χ1) is 8.42. The van der Waals surface area contributed by atoms with Crippen LogP contribution in [0.15, 0.2) is 29.3 Å². The van der Waals surface area contributed by atoms with Crippen LogP contribution in [-0.2, 0) is 6.42 Å². The average Bonchev–Trinajstić information content (AvgIpc) is 2.76. The van der Waals surface area contributed by atoms with Crippen LogP contribution in [0.5, 0.6) is 0 Å². The van der Waals surface area contributed by atoms with Crippen molar-refractivity contribution >= 4 is 22.6 Å². The maximum Gasteiger partial charge on any atom is 0.161 e. The van der Waals surface area contributed by atoms with Crippen LogP contribution in [0.3, 0.4) is 0 Å². The highest BCUT2D eigenvalue weighted by Crippen LogP contribution is 2.24. The molecule has 2 heterocycles. The molecule has 0 bridgehead atoms. The molecule has 17 heavy (non-hydrogen) atoms. The second kappa shape index (κ2) is 5.10. The molecule has 0 aromatic heterocycles. The zero-order chi connectivity index (χ0) is 11.5. The van der Waals surface area contributed by atoms with E-state index in [0.29, 0.717) is 5.25 Å². The molecule has 0 radical (unpaired) electrons. The highest BCUT2D eigenvalue weighted by atomic mass is 32.2. The smallest absolute Gasteiger partial charge is 0.161 e. The van der Waals surface area contributed by atoms with E-state index in [4.69, 9.17) is 0 Å². The first-order valence-electron chi connectivity index (χ1n) is 6.18. The van der Waals surface area contributed by atoms with E-state index in [1.165, 1.54) is 17.7 Å². The van der Waals surface area contributed by atoms with Crippen molar-refractivity contribution in [3.8, 4) is 0 Å². The Bertz CT molecular complexity index is 424. The summed E-state index contributed by atoms with van der Waals surface area (Å²) in [6.45, 7) is 3.14. The molecule has 90 valence electrons. The minimum absolute atomic E-state index is 0.673. The largest absolute Gasteiger partial charge is 0.335 e. The van der Waals surface area contributed by atoms with Crippen molar-refractivity contribution in [2.75, 3.05) is 25.0 Å². The molecule has 1 aromatic rings. The number of hydrogen-bond donors (Lipinski definition) is 2. The van der Waals surface area contributed by atoms with E-state index in [0.717, 1.165) is 31.2 Å². The summed E-state index contributed by atoms with van der Waals surface area (Å²) < 4.78 is 0. The predicted octanol–water partition coefficient (Wildman–Crippen LogP) is 2.11. The topological polar surface area (TPSA) is 36.4 Å². The summed E-state index contributed by atoms with van der Waals surface area (Å²) in [7, 11) is 0. The number of nitrogens with zero attached hydrogens (tertiary/aromatic N) is 1. The third-order valence-electron chi connectivity index (χ3n) is 3.19. The van der Waals surface area contributed by atoms with Gasteiger partial charge in [-0.25, -0.2) is 0 Å². The van der Waals surface area contributed by atoms with E-state index < -0.39 is 0 Å². The van der Waals surface area contributed by atoms with Crippen molar-refractivity contribution in [1.82, 2.24) is 5.32 Å². The van der Waals surface area contributed by atoms with Gasteiger partial charge in [0.15, 0.2) is 5.17 Å². The summed E-state index contributed by atoms with van der Waals surface area (Å²) >= 11 is 1.88. The van der Waals surface area contributed by atoms with Gasteiger partial charge in [0.1, 0.15) is 0 Å². The Hall–Kier alpha value is -1.00. The molecule has 0 spiro atoms. The molecule has 1 saturated heterocycles. The van der Waals surface area contributed by atoms with E-state index in [-0.39, 0.29) is 0 Å². The van der Waals surface area contributed by atoms with E-state index in [2.05, 4.69) is 39.9 Å². The van der Waals surface area contributed by atoms with Crippen molar-refractivity contribution in [1.29, 1.82) is 0 Å². The zero-order valence-electron chi connectivity index (χ0n) is 9.78. The van der Waals surface area contributed by atoms with Crippen LogP contribution in [0.1, 0.15) is 12.0 Å². The maximum atomic E-state index is 4.64. The lowest BCUT2D eigenvalue weighted by Crippen LogP contribution is -2.16. The van der Waals surface area contributed by atoms with E-state index in [9.17, 15) is 0 Å². The lowest BCUT2D eigenvalue weighted by molar-refractivity contribution is 0.859. The minimum atomic E-state index is 0.673. The van der Waals surface area contributed by atoms with Gasteiger partial charge < -0.3 is 10.6 Å². The second-order valence-electron chi connectivity index (χ2n) is 4.45. The molecule has 3 nitrogen and oxygen atoms in total. The van der Waals surface area contributed by atoms with E-state index in [1.54, 1.807) is 0 Å². The third kappa shape index (κ3) is 2.64. The van der Waals surface area contributed by atoms with Crippen molar-refractivity contribution in [3.05, 3.63) is 29.8 Å². The number of fused-ring (bicyclic) bond motifs is 1. The Balaban J connectivity index is 1.72.